The smallest absolute Gasteiger partial charge is 0.239 e. The Labute approximate surface area is 90.8 Å². The minimum atomic E-state index is -0.552. The maximum absolute atomic E-state index is 11.8. The molecule has 1 heterocycles. The fourth-order valence-corrected chi connectivity index (χ4v) is 1.89. The van der Waals surface area contributed by atoms with Crippen LogP contribution in [0.25, 0.3) is 0 Å². The third-order valence-electron chi connectivity index (χ3n) is 3.03. The topological polar surface area (TPSA) is 53.3 Å². The van der Waals surface area contributed by atoms with E-state index in [0.29, 0.717) is 6.54 Å². The van der Waals surface area contributed by atoms with Gasteiger partial charge in [0, 0.05) is 20.2 Å². The Balaban J connectivity index is 2.65. The van der Waals surface area contributed by atoms with Gasteiger partial charge in [0.2, 0.25) is 5.91 Å². The van der Waals surface area contributed by atoms with Gasteiger partial charge in [-0.05, 0) is 26.7 Å². The van der Waals surface area contributed by atoms with E-state index in [1.807, 2.05) is 13.0 Å². The molecule has 0 aromatic heterocycles. The maximum Gasteiger partial charge on any atom is 0.239 e. The molecule has 0 N–H and O–H groups in total. The summed E-state index contributed by atoms with van der Waals surface area (Å²) in [5, 5.41) is 8.69. The monoisotopic (exact) mass is 210 g/mol. The molecular weight excluding hydrogens is 192 g/mol. The number of piperidine rings is 1. The van der Waals surface area contributed by atoms with Gasteiger partial charge >= 0.3 is 0 Å². The molecule has 0 radical (unpaired) electrons. The van der Waals surface area contributed by atoms with E-state index in [9.17, 15) is 4.79 Å². The summed E-state index contributed by atoms with van der Waals surface area (Å²) < 4.78 is 5.40. The average Bonchev–Trinajstić information content (AvgIpc) is 2.27. The van der Waals surface area contributed by atoms with Crippen molar-refractivity contribution >= 4 is 5.91 Å². The Bertz CT molecular complexity index is 285. The lowest BCUT2D eigenvalue weighted by atomic mass is 9.94. The first-order valence-corrected chi connectivity index (χ1v) is 5.26. The van der Waals surface area contributed by atoms with Crippen LogP contribution < -0.4 is 0 Å². The van der Waals surface area contributed by atoms with Crippen molar-refractivity contribution in [1.82, 2.24) is 4.90 Å². The van der Waals surface area contributed by atoms with Gasteiger partial charge in [0.1, 0.15) is 5.92 Å². The van der Waals surface area contributed by atoms with Gasteiger partial charge in [-0.25, -0.2) is 0 Å². The molecular formula is C11H18N2O2. The van der Waals surface area contributed by atoms with Crippen LogP contribution in [0.4, 0.5) is 0 Å². The molecule has 1 fully saturated rings. The molecule has 0 aromatic rings. The first kappa shape index (κ1) is 12.0. The van der Waals surface area contributed by atoms with Crippen LogP contribution in [0.2, 0.25) is 0 Å². The van der Waals surface area contributed by atoms with E-state index in [-0.39, 0.29) is 11.5 Å². The van der Waals surface area contributed by atoms with Crippen molar-refractivity contribution in [3.05, 3.63) is 0 Å². The highest BCUT2D eigenvalue weighted by Crippen LogP contribution is 2.24. The zero-order valence-electron chi connectivity index (χ0n) is 9.62. The quantitative estimate of drug-likeness (QED) is 0.687. The fourth-order valence-electron chi connectivity index (χ4n) is 1.89. The summed E-state index contributed by atoms with van der Waals surface area (Å²) in [5.74, 6) is -0.635. The van der Waals surface area contributed by atoms with Crippen molar-refractivity contribution in [2.75, 3.05) is 20.2 Å². The lowest BCUT2D eigenvalue weighted by molar-refractivity contribution is -0.141. The predicted molar refractivity (Wildman–Crippen MR) is 56.0 cm³/mol. The van der Waals surface area contributed by atoms with Gasteiger partial charge in [-0.2, -0.15) is 5.26 Å². The number of ether oxygens (including phenoxy) is 1. The van der Waals surface area contributed by atoms with Gasteiger partial charge < -0.3 is 9.64 Å². The van der Waals surface area contributed by atoms with Crippen molar-refractivity contribution in [3.8, 4) is 6.07 Å². The van der Waals surface area contributed by atoms with Crippen molar-refractivity contribution in [2.24, 2.45) is 5.92 Å². The summed E-state index contributed by atoms with van der Waals surface area (Å²) in [5.41, 5.74) is -0.247. The highest BCUT2D eigenvalue weighted by molar-refractivity contribution is 5.81. The third-order valence-corrected chi connectivity index (χ3v) is 3.03. The van der Waals surface area contributed by atoms with E-state index >= 15 is 0 Å². The lowest BCUT2D eigenvalue weighted by Gasteiger charge is -2.39. The molecule has 1 rings (SSSR count). The SMILES string of the molecule is COC1(C)CCCN(C(=O)C(C)C#N)C1. The molecule has 4 nitrogen and oxygen atoms in total. The summed E-state index contributed by atoms with van der Waals surface area (Å²) in [4.78, 5) is 13.5. The number of rotatable bonds is 2. The molecule has 1 amide bonds. The van der Waals surface area contributed by atoms with Crippen LogP contribution >= 0.6 is 0 Å². The third kappa shape index (κ3) is 2.69. The number of carbonyl (C=O) groups excluding carboxylic acids is 1. The Kier molecular flexibility index (Phi) is 3.70. The number of methoxy groups -OCH3 is 1. The molecule has 0 aromatic carbocycles. The second-order valence-electron chi connectivity index (χ2n) is 4.37. The van der Waals surface area contributed by atoms with Crippen molar-refractivity contribution in [1.29, 1.82) is 5.26 Å². The molecule has 1 saturated heterocycles. The number of carbonyl (C=O) groups is 1. The number of hydrogen-bond donors (Lipinski definition) is 0. The van der Waals surface area contributed by atoms with E-state index in [1.54, 1.807) is 18.9 Å². The highest BCUT2D eigenvalue weighted by atomic mass is 16.5. The molecule has 2 unspecified atom stereocenters. The normalized spacial score (nSPS) is 28.3. The van der Waals surface area contributed by atoms with Crippen LogP contribution in [0.3, 0.4) is 0 Å². The van der Waals surface area contributed by atoms with Gasteiger partial charge in [0.15, 0.2) is 0 Å². The largest absolute Gasteiger partial charge is 0.377 e. The first-order chi connectivity index (χ1) is 7.02. The molecule has 1 aliphatic heterocycles. The Morgan fingerprint density at radius 2 is 2.33 bits per heavy atom. The van der Waals surface area contributed by atoms with Crippen LogP contribution in [0.1, 0.15) is 26.7 Å². The van der Waals surface area contributed by atoms with Crippen LogP contribution in [-0.4, -0.2) is 36.6 Å². The summed E-state index contributed by atoms with van der Waals surface area (Å²) in [7, 11) is 1.67. The number of hydrogen-bond acceptors (Lipinski definition) is 3. The Morgan fingerprint density at radius 3 is 2.87 bits per heavy atom. The van der Waals surface area contributed by atoms with Gasteiger partial charge in [0.25, 0.3) is 0 Å². The lowest BCUT2D eigenvalue weighted by Crippen LogP contribution is -2.50. The Hall–Kier alpha value is -1.08. The number of nitriles is 1. The average molecular weight is 210 g/mol. The summed E-state index contributed by atoms with van der Waals surface area (Å²) in [6, 6.07) is 1.98. The summed E-state index contributed by atoms with van der Waals surface area (Å²) in [6.07, 6.45) is 1.91. The standard InChI is InChI=1S/C11H18N2O2/c1-9(7-12)10(14)13-6-4-5-11(2,8-13)15-3/h9H,4-6,8H2,1-3H3. The molecule has 1 aliphatic rings. The minimum absolute atomic E-state index is 0.0829. The zero-order chi connectivity index (χ0) is 11.5. The van der Waals surface area contributed by atoms with Gasteiger partial charge in [-0.15, -0.1) is 0 Å². The van der Waals surface area contributed by atoms with Crippen molar-refractivity contribution in [3.63, 3.8) is 0 Å². The molecule has 0 spiro atoms. The number of likely N-dealkylation sites (tertiary alicyclic amines) is 1. The van der Waals surface area contributed by atoms with Gasteiger partial charge in [-0.1, -0.05) is 0 Å². The van der Waals surface area contributed by atoms with Crippen LogP contribution in [0, 0.1) is 17.2 Å². The zero-order valence-corrected chi connectivity index (χ0v) is 9.62. The molecule has 0 saturated carbocycles. The predicted octanol–water partition coefficient (Wildman–Crippen LogP) is 1.17. The van der Waals surface area contributed by atoms with Gasteiger partial charge in [0.05, 0.1) is 11.7 Å². The number of nitrogens with zero attached hydrogens (tertiary/aromatic N) is 2. The second-order valence-corrected chi connectivity index (χ2v) is 4.37. The van der Waals surface area contributed by atoms with Gasteiger partial charge in [-0.3, -0.25) is 4.79 Å². The molecule has 0 aliphatic carbocycles. The number of amides is 1. The van der Waals surface area contributed by atoms with E-state index in [4.69, 9.17) is 10.00 Å². The molecule has 4 heteroatoms. The molecule has 0 bridgehead atoms. The fraction of sp³-hybridized carbons (Fsp3) is 0.818. The van der Waals surface area contributed by atoms with E-state index in [1.165, 1.54) is 0 Å². The molecule has 2 atom stereocenters. The summed E-state index contributed by atoms with van der Waals surface area (Å²) >= 11 is 0. The van der Waals surface area contributed by atoms with Crippen molar-refractivity contribution < 1.29 is 9.53 Å². The molecule has 15 heavy (non-hydrogen) atoms. The second kappa shape index (κ2) is 4.63. The van der Waals surface area contributed by atoms with E-state index in [2.05, 4.69) is 0 Å². The maximum atomic E-state index is 11.8. The van der Waals surface area contributed by atoms with E-state index < -0.39 is 5.92 Å². The first-order valence-electron chi connectivity index (χ1n) is 5.26. The minimum Gasteiger partial charge on any atom is -0.377 e. The van der Waals surface area contributed by atoms with Crippen LogP contribution in [-0.2, 0) is 9.53 Å². The summed E-state index contributed by atoms with van der Waals surface area (Å²) in [6.45, 7) is 4.97. The van der Waals surface area contributed by atoms with Crippen LogP contribution in [0.15, 0.2) is 0 Å². The Morgan fingerprint density at radius 1 is 1.67 bits per heavy atom. The van der Waals surface area contributed by atoms with Crippen molar-refractivity contribution in [2.45, 2.75) is 32.3 Å². The highest BCUT2D eigenvalue weighted by Gasteiger charge is 2.34. The van der Waals surface area contributed by atoms with Crippen LogP contribution in [0.5, 0.6) is 0 Å². The molecule has 84 valence electrons. The van der Waals surface area contributed by atoms with E-state index in [0.717, 1.165) is 19.4 Å².